The molecule has 1 aromatic heterocycles. The summed E-state index contributed by atoms with van der Waals surface area (Å²) in [6.07, 6.45) is 8.47. The van der Waals surface area contributed by atoms with Crippen molar-refractivity contribution in [3.63, 3.8) is 0 Å². The Labute approximate surface area is 209 Å². The van der Waals surface area contributed by atoms with E-state index in [0.29, 0.717) is 35.2 Å². The summed E-state index contributed by atoms with van der Waals surface area (Å²) < 4.78 is 28.7. The molecular formula is C25H39N7O2S. The molecule has 3 N–H and O–H groups in total. The lowest BCUT2D eigenvalue weighted by molar-refractivity contribution is 0.565. The number of nitrogens with one attached hydrogen (secondary N) is 3. The average Bonchev–Trinajstić information content (AvgIpc) is 3.57. The summed E-state index contributed by atoms with van der Waals surface area (Å²) in [4.78, 5) is 16.4. The van der Waals surface area contributed by atoms with Crippen molar-refractivity contribution in [1.82, 2.24) is 19.7 Å². The predicted octanol–water partition coefficient (Wildman–Crippen LogP) is 3.81. The van der Waals surface area contributed by atoms with Crippen LogP contribution in [0.25, 0.3) is 0 Å². The molecule has 1 saturated heterocycles. The molecule has 2 heterocycles. The van der Waals surface area contributed by atoms with Crippen LogP contribution in [-0.2, 0) is 16.4 Å². The van der Waals surface area contributed by atoms with Crippen LogP contribution in [0.3, 0.4) is 0 Å². The zero-order valence-corrected chi connectivity index (χ0v) is 21.8. The molecule has 9 nitrogen and oxygen atoms in total. The Hall–Kier alpha value is -2.46. The molecule has 0 radical (unpaired) electrons. The average molecular weight is 502 g/mol. The summed E-state index contributed by atoms with van der Waals surface area (Å²) in [5, 5.41) is 6.69. The fourth-order valence-electron chi connectivity index (χ4n) is 4.31. The maximum atomic E-state index is 12.9. The fourth-order valence-corrected chi connectivity index (χ4v) is 5.38. The van der Waals surface area contributed by atoms with Crippen LogP contribution in [0.1, 0.15) is 64.4 Å². The van der Waals surface area contributed by atoms with Gasteiger partial charge in [-0.2, -0.15) is 15.0 Å². The van der Waals surface area contributed by atoms with Crippen LogP contribution >= 0.6 is 0 Å². The third-order valence-electron chi connectivity index (χ3n) is 6.60. The van der Waals surface area contributed by atoms with Crippen LogP contribution in [0.15, 0.2) is 29.2 Å². The number of aryl methyl sites for hydroxylation is 1. The number of hydrogen-bond donors (Lipinski definition) is 3. The maximum absolute atomic E-state index is 12.9. The quantitative estimate of drug-likeness (QED) is 0.335. The van der Waals surface area contributed by atoms with Gasteiger partial charge in [0.15, 0.2) is 0 Å². The van der Waals surface area contributed by atoms with Crippen molar-refractivity contribution < 1.29 is 8.42 Å². The van der Waals surface area contributed by atoms with E-state index in [-0.39, 0.29) is 6.04 Å². The second kappa shape index (κ2) is 12.0. The third kappa shape index (κ3) is 7.27. The van der Waals surface area contributed by atoms with Crippen molar-refractivity contribution in [2.75, 3.05) is 41.7 Å². The van der Waals surface area contributed by atoms with Crippen LogP contribution in [-0.4, -0.2) is 55.6 Å². The summed E-state index contributed by atoms with van der Waals surface area (Å²) in [6, 6.07) is 7.17. The van der Waals surface area contributed by atoms with Gasteiger partial charge in [0.25, 0.3) is 0 Å². The van der Waals surface area contributed by atoms with Gasteiger partial charge in [-0.1, -0.05) is 38.8 Å². The number of anilines is 3. The van der Waals surface area contributed by atoms with Gasteiger partial charge in [-0.25, -0.2) is 13.1 Å². The Morgan fingerprint density at radius 2 is 1.69 bits per heavy atom. The van der Waals surface area contributed by atoms with Gasteiger partial charge < -0.3 is 15.5 Å². The Morgan fingerprint density at radius 1 is 0.943 bits per heavy atom. The summed E-state index contributed by atoms with van der Waals surface area (Å²) in [6.45, 7) is 7.05. The zero-order valence-electron chi connectivity index (χ0n) is 21.0. The highest BCUT2D eigenvalue weighted by Crippen LogP contribution is 2.29. The van der Waals surface area contributed by atoms with E-state index in [0.717, 1.165) is 63.7 Å². The summed E-state index contributed by atoms with van der Waals surface area (Å²) in [5.41, 5.74) is 1.15. The molecule has 2 fully saturated rings. The molecule has 1 atom stereocenters. The minimum Gasteiger partial charge on any atom is -0.354 e. The number of hydrogen-bond acceptors (Lipinski definition) is 8. The summed E-state index contributed by atoms with van der Waals surface area (Å²) >= 11 is 0. The van der Waals surface area contributed by atoms with Gasteiger partial charge in [0.1, 0.15) is 0 Å². The van der Waals surface area contributed by atoms with E-state index in [1.165, 1.54) is 12.8 Å². The van der Waals surface area contributed by atoms with Gasteiger partial charge in [-0.3, -0.25) is 0 Å². The van der Waals surface area contributed by atoms with Gasteiger partial charge in [-0.05, 0) is 62.1 Å². The molecular weight excluding hydrogens is 462 g/mol. The first-order valence-electron chi connectivity index (χ1n) is 13.1. The second-order valence-electron chi connectivity index (χ2n) is 9.62. The molecule has 0 unspecified atom stereocenters. The molecule has 2 aromatic rings. The number of unbranched alkanes of at least 4 members (excludes halogenated alkanes) is 1. The van der Waals surface area contributed by atoms with Crippen LogP contribution < -0.4 is 20.3 Å². The lowest BCUT2D eigenvalue weighted by Crippen LogP contribution is -2.41. The Bertz CT molecular complexity index is 1060. The van der Waals surface area contributed by atoms with E-state index < -0.39 is 10.0 Å². The van der Waals surface area contributed by atoms with E-state index in [1.807, 2.05) is 12.1 Å². The standard InChI is InChI=1S/C25H39N7O2S/c1-3-5-15-26-23-29-24(27-17-20-9-10-20)31-25(30-23)32-16-6-8-21(32)18-28-35(33,34)22-13-11-19(7-4-2)12-14-22/h11-14,20-21,28H,3-10,15-18H2,1-2H3,(H2,26,27,29,30,31)/t21-/m1/s1. The van der Waals surface area contributed by atoms with Crippen molar-refractivity contribution in [2.45, 2.75) is 76.2 Å². The van der Waals surface area contributed by atoms with Gasteiger partial charge in [-0.15, -0.1) is 0 Å². The molecule has 1 aliphatic heterocycles. The molecule has 0 spiro atoms. The van der Waals surface area contributed by atoms with E-state index in [1.54, 1.807) is 12.1 Å². The Kier molecular flexibility index (Phi) is 8.78. The van der Waals surface area contributed by atoms with Crippen LogP contribution in [0.5, 0.6) is 0 Å². The molecule has 0 amide bonds. The van der Waals surface area contributed by atoms with E-state index in [9.17, 15) is 8.42 Å². The van der Waals surface area contributed by atoms with Crippen molar-refractivity contribution in [2.24, 2.45) is 5.92 Å². The number of benzene rings is 1. The molecule has 1 saturated carbocycles. The Balaban J connectivity index is 1.44. The molecule has 35 heavy (non-hydrogen) atoms. The largest absolute Gasteiger partial charge is 0.354 e. The van der Waals surface area contributed by atoms with Crippen molar-refractivity contribution in [3.05, 3.63) is 29.8 Å². The number of rotatable bonds is 14. The molecule has 4 rings (SSSR count). The summed E-state index contributed by atoms with van der Waals surface area (Å²) in [5.74, 6) is 2.46. The minimum atomic E-state index is -3.58. The zero-order chi connectivity index (χ0) is 24.7. The molecule has 2 aliphatic rings. The predicted molar refractivity (Wildman–Crippen MR) is 140 cm³/mol. The van der Waals surface area contributed by atoms with Gasteiger partial charge >= 0.3 is 0 Å². The van der Waals surface area contributed by atoms with Crippen LogP contribution in [0.2, 0.25) is 0 Å². The topological polar surface area (TPSA) is 112 Å². The first-order valence-corrected chi connectivity index (χ1v) is 14.6. The third-order valence-corrected chi connectivity index (χ3v) is 8.04. The first-order chi connectivity index (χ1) is 17.0. The normalized spacial score (nSPS) is 18.1. The van der Waals surface area contributed by atoms with Crippen molar-refractivity contribution >= 4 is 27.9 Å². The highest BCUT2D eigenvalue weighted by Gasteiger charge is 2.29. The highest BCUT2D eigenvalue weighted by molar-refractivity contribution is 7.89. The van der Waals surface area contributed by atoms with E-state index in [4.69, 9.17) is 4.98 Å². The molecule has 1 aromatic carbocycles. The molecule has 192 valence electrons. The lowest BCUT2D eigenvalue weighted by Gasteiger charge is -2.25. The Morgan fingerprint density at radius 3 is 2.37 bits per heavy atom. The van der Waals surface area contributed by atoms with Crippen LogP contribution in [0.4, 0.5) is 17.8 Å². The van der Waals surface area contributed by atoms with E-state index >= 15 is 0 Å². The molecule has 10 heteroatoms. The smallest absolute Gasteiger partial charge is 0.240 e. The van der Waals surface area contributed by atoms with Crippen molar-refractivity contribution in [1.29, 1.82) is 0 Å². The first kappa shape index (κ1) is 25.6. The number of nitrogens with zero attached hydrogens (tertiary/aromatic N) is 4. The van der Waals surface area contributed by atoms with Crippen molar-refractivity contribution in [3.8, 4) is 0 Å². The fraction of sp³-hybridized carbons (Fsp3) is 0.640. The highest BCUT2D eigenvalue weighted by atomic mass is 32.2. The van der Waals surface area contributed by atoms with Gasteiger partial charge in [0, 0.05) is 32.2 Å². The van der Waals surface area contributed by atoms with E-state index in [2.05, 4.69) is 44.1 Å². The SMILES string of the molecule is CCCCNc1nc(NCC2CC2)nc(N2CCC[C@@H]2CNS(=O)(=O)c2ccc(CCC)cc2)n1. The number of aromatic nitrogens is 3. The monoisotopic (exact) mass is 501 g/mol. The second-order valence-corrected chi connectivity index (χ2v) is 11.4. The number of sulfonamides is 1. The summed E-state index contributed by atoms with van der Waals surface area (Å²) in [7, 11) is -3.58. The van der Waals surface area contributed by atoms with Crippen LogP contribution in [0, 0.1) is 5.92 Å². The molecule has 0 bridgehead atoms. The lowest BCUT2D eigenvalue weighted by atomic mass is 10.1. The minimum absolute atomic E-state index is 0.00804. The van der Waals surface area contributed by atoms with Gasteiger partial charge in [0.2, 0.25) is 27.9 Å². The van der Waals surface area contributed by atoms with Gasteiger partial charge in [0.05, 0.1) is 4.90 Å². The maximum Gasteiger partial charge on any atom is 0.240 e. The molecule has 1 aliphatic carbocycles.